The van der Waals surface area contributed by atoms with Gasteiger partial charge in [0.15, 0.2) is 0 Å². The normalized spacial score (nSPS) is 15.1. The van der Waals surface area contributed by atoms with Crippen LogP contribution in [-0.4, -0.2) is 31.0 Å². The summed E-state index contributed by atoms with van der Waals surface area (Å²) in [4.78, 5) is 18.2. The number of hydrogen-bond acceptors (Lipinski definition) is 4. The predicted octanol–water partition coefficient (Wildman–Crippen LogP) is 3.42. The number of rotatable bonds is 2. The monoisotopic (exact) mass is 388 g/mol. The highest BCUT2D eigenvalue weighted by molar-refractivity contribution is 5.97. The van der Waals surface area contributed by atoms with Gasteiger partial charge in [0, 0.05) is 42.5 Å². The highest BCUT2D eigenvalue weighted by Crippen LogP contribution is 2.36. The zero-order valence-corrected chi connectivity index (χ0v) is 16.1. The molecule has 1 amide bonds. The number of anilines is 2. The Hall–Kier alpha value is -3.41. The SMILES string of the molecule is CN1CCc2cc(-c3cc(-c4ccc5c(c4)CCNC5=O)c(N)nc3F)ccc21. The summed E-state index contributed by atoms with van der Waals surface area (Å²) in [7, 11) is 2.06. The standard InChI is InChI=1S/C23H21FN4O/c1-28-9-7-16-11-13(3-5-20(16)28)18-12-19(22(25)27-21(18)24)14-2-4-17-15(10-14)6-8-26-23(17)29/h2-5,10-12H,6-9H2,1H3,(H2,25,27)(H,26,29). The third kappa shape index (κ3) is 2.92. The van der Waals surface area contributed by atoms with Crippen LogP contribution in [0.15, 0.2) is 42.5 Å². The molecule has 6 heteroatoms. The third-order valence-corrected chi connectivity index (χ3v) is 5.86. The Morgan fingerprint density at radius 1 is 1.00 bits per heavy atom. The van der Waals surface area contributed by atoms with Crippen LogP contribution in [0.4, 0.5) is 15.9 Å². The minimum Gasteiger partial charge on any atom is -0.383 e. The van der Waals surface area contributed by atoms with Crippen LogP contribution < -0.4 is 16.0 Å². The van der Waals surface area contributed by atoms with Gasteiger partial charge in [0.25, 0.3) is 5.91 Å². The molecule has 0 atom stereocenters. The molecule has 5 rings (SSSR count). The van der Waals surface area contributed by atoms with Gasteiger partial charge in [-0.05, 0) is 59.4 Å². The van der Waals surface area contributed by atoms with Gasteiger partial charge >= 0.3 is 0 Å². The maximum atomic E-state index is 14.7. The number of nitrogens with one attached hydrogen (secondary N) is 1. The predicted molar refractivity (Wildman–Crippen MR) is 112 cm³/mol. The van der Waals surface area contributed by atoms with Crippen LogP contribution in [0.25, 0.3) is 22.3 Å². The van der Waals surface area contributed by atoms with Gasteiger partial charge in [-0.3, -0.25) is 4.79 Å². The Morgan fingerprint density at radius 3 is 2.62 bits per heavy atom. The van der Waals surface area contributed by atoms with Gasteiger partial charge < -0.3 is 16.0 Å². The van der Waals surface area contributed by atoms with Crippen molar-refractivity contribution in [1.29, 1.82) is 0 Å². The summed E-state index contributed by atoms with van der Waals surface area (Å²) in [5, 5.41) is 2.84. The highest BCUT2D eigenvalue weighted by Gasteiger charge is 2.20. The first-order valence-electron chi connectivity index (χ1n) is 9.73. The molecule has 0 aliphatic carbocycles. The Kier molecular flexibility index (Phi) is 4.01. The van der Waals surface area contributed by atoms with Crippen LogP contribution in [0.1, 0.15) is 21.5 Å². The van der Waals surface area contributed by atoms with Crippen molar-refractivity contribution >= 4 is 17.4 Å². The molecule has 3 heterocycles. The van der Waals surface area contributed by atoms with Crippen LogP contribution in [0.3, 0.4) is 0 Å². The first-order valence-corrected chi connectivity index (χ1v) is 9.73. The van der Waals surface area contributed by atoms with Crippen molar-refractivity contribution < 1.29 is 9.18 Å². The first kappa shape index (κ1) is 17.7. The molecule has 0 unspecified atom stereocenters. The lowest BCUT2D eigenvalue weighted by Crippen LogP contribution is -2.31. The Balaban J connectivity index is 1.60. The van der Waals surface area contributed by atoms with Gasteiger partial charge in [0.2, 0.25) is 5.95 Å². The van der Waals surface area contributed by atoms with E-state index in [1.54, 1.807) is 12.1 Å². The number of nitrogens with two attached hydrogens (primary N) is 1. The number of hydrogen-bond donors (Lipinski definition) is 2. The number of pyridine rings is 1. The molecule has 2 aliphatic heterocycles. The minimum absolute atomic E-state index is 0.0631. The molecule has 2 aliphatic rings. The van der Waals surface area contributed by atoms with Crippen molar-refractivity contribution in [2.24, 2.45) is 0 Å². The average Bonchev–Trinajstić information content (AvgIpc) is 3.08. The van der Waals surface area contributed by atoms with E-state index in [0.717, 1.165) is 36.1 Å². The molecular weight excluding hydrogens is 367 g/mol. The third-order valence-electron chi connectivity index (χ3n) is 5.86. The van der Waals surface area contributed by atoms with Crippen LogP contribution in [0.5, 0.6) is 0 Å². The number of likely N-dealkylation sites (N-methyl/N-ethyl adjacent to an activating group) is 1. The van der Waals surface area contributed by atoms with Crippen molar-refractivity contribution in [3.63, 3.8) is 0 Å². The van der Waals surface area contributed by atoms with E-state index in [1.807, 2.05) is 30.3 Å². The van der Waals surface area contributed by atoms with E-state index in [9.17, 15) is 9.18 Å². The van der Waals surface area contributed by atoms with Crippen LogP contribution in [0.2, 0.25) is 0 Å². The second-order valence-electron chi connectivity index (χ2n) is 7.65. The summed E-state index contributed by atoms with van der Waals surface area (Å²) in [6, 6.07) is 13.4. The van der Waals surface area contributed by atoms with E-state index in [1.165, 1.54) is 11.3 Å². The molecule has 29 heavy (non-hydrogen) atoms. The van der Waals surface area contributed by atoms with Gasteiger partial charge in [-0.2, -0.15) is 4.39 Å². The summed E-state index contributed by atoms with van der Waals surface area (Å²) in [5.74, 6) is -0.492. The van der Waals surface area contributed by atoms with E-state index in [0.29, 0.717) is 23.2 Å². The lowest BCUT2D eigenvalue weighted by Gasteiger charge is -2.18. The van der Waals surface area contributed by atoms with Crippen molar-refractivity contribution in [1.82, 2.24) is 10.3 Å². The second-order valence-corrected chi connectivity index (χ2v) is 7.65. The summed E-state index contributed by atoms with van der Waals surface area (Å²) in [6.07, 6.45) is 1.71. The zero-order chi connectivity index (χ0) is 20.1. The lowest BCUT2D eigenvalue weighted by atomic mass is 9.93. The maximum absolute atomic E-state index is 14.7. The number of nitrogen functional groups attached to an aromatic ring is 1. The van der Waals surface area contributed by atoms with Crippen LogP contribution in [-0.2, 0) is 12.8 Å². The molecular formula is C23H21FN4O. The number of halogens is 1. The second kappa shape index (κ2) is 6.58. The van der Waals surface area contributed by atoms with Crippen molar-refractivity contribution in [2.45, 2.75) is 12.8 Å². The number of aromatic nitrogens is 1. The van der Waals surface area contributed by atoms with Crippen molar-refractivity contribution in [2.75, 3.05) is 30.8 Å². The Morgan fingerprint density at radius 2 is 1.76 bits per heavy atom. The van der Waals surface area contributed by atoms with Gasteiger partial charge in [0.05, 0.1) is 0 Å². The van der Waals surface area contributed by atoms with E-state index < -0.39 is 5.95 Å². The van der Waals surface area contributed by atoms with Crippen LogP contribution >= 0.6 is 0 Å². The summed E-state index contributed by atoms with van der Waals surface area (Å²) in [6.45, 7) is 1.58. The molecule has 146 valence electrons. The minimum atomic E-state index is -0.574. The first-order chi connectivity index (χ1) is 14.0. The lowest BCUT2D eigenvalue weighted by molar-refractivity contribution is 0.0946. The molecule has 2 aromatic carbocycles. The number of carbonyl (C=O) groups is 1. The van der Waals surface area contributed by atoms with Gasteiger partial charge in [-0.25, -0.2) is 4.98 Å². The van der Waals surface area contributed by atoms with Crippen molar-refractivity contribution in [3.8, 4) is 22.3 Å². The Bertz CT molecular complexity index is 1160. The summed E-state index contributed by atoms with van der Waals surface area (Å²) >= 11 is 0. The van der Waals surface area contributed by atoms with E-state index in [-0.39, 0.29) is 11.7 Å². The fraction of sp³-hybridized carbons (Fsp3) is 0.217. The molecule has 0 fully saturated rings. The number of fused-ring (bicyclic) bond motifs is 2. The molecule has 1 aromatic heterocycles. The largest absolute Gasteiger partial charge is 0.383 e. The number of carbonyl (C=O) groups excluding carboxylic acids is 1. The topological polar surface area (TPSA) is 71.2 Å². The maximum Gasteiger partial charge on any atom is 0.251 e. The van der Waals surface area contributed by atoms with Crippen LogP contribution in [0, 0.1) is 5.95 Å². The molecule has 5 nitrogen and oxygen atoms in total. The summed E-state index contributed by atoms with van der Waals surface area (Å²) in [5.41, 5.74) is 12.9. The molecule has 3 aromatic rings. The molecule has 0 saturated heterocycles. The number of benzene rings is 2. The zero-order valence-electron chi connectivity index (χ0n) is 16.1. The number of amides is 1. The smallest absolute Gasteiger partial charge is 0.251 e. The van der Waals surface area contributed by atoms with E-state index in [4.69, 9.17) is 5.73 Å². The number of nitrogens with zero attached hydrogens (tertiary/aromatic N) is 2. The van der Waals surface area contributed by atoms with Gasteiger partial charge in [-0.15, -0.1) is 0 Å². The summed E-state index contributed by atoms with van der Waals surface area (Å²) < 4.78 is 14.7. The Labute approximate surface area is 168 Å². The quantitative estimate of drug-likeness (QED) is 0.660. The molecule has 0 radical (unpaired) electrons. The fourth-order valence-electron chi connectivity index (χ4n) is 4.27. The molecule has 0 saturated carbocycles. The molecule has 0 spiro atoms. The highest BCUT2D eigenvalue weighted by atomic mass is 19.1. The average molecular weight is 388 g/mol. The molecule has 0 bridgehead atoms. The van der Waals surface area contributed by atoms with E-state index in [2.05, 4.69) is 22.2 Å². The van der Waals surface area contributed by atoms with E-state index >= 15 is 0 Å². The molecule has 3 N–H and O–H groups in total. The van der Waals surface area contributed by atoms with Crippen molar-refractivity contribution in [3.05, 3.63) is 65.1 Å². The van der Waals surface area contributed by atoms with Gasteiger partial charge in [-0.1, -0.05) is 18.2 Å². The van der Waals surface area contributed by atoms with Gasteiger partial charge in [0.1, 0.15) is 5.82 Å². The fourth-order valence-corrected chi connectivity index (χ4v) is 4.27.